The number of rotatable bonds is 7. The molecule has 1 aromatic heterocycles. The summed E-state index contributed by atoms with van der Waals surface area (Å²) in [5.74, 6) is 0.734. The molecule has 1 saturated carbocycles. The Morgan fingerprint density at radius 1 is 1.19 bits per heavy atom. The van der Waals surface area contributed by atoms with Gasteiger partial charge in [0.15, 0.2) is 0 Å². The molecule has 0 unspecified atom stereocenters. The van der Waals surface area contributed by atoms with Crippen LogP contribution >= 0.6 is 0 Å². The Bertz CT molecular complexity index is 851. The van der Waals surface area contributed by atoms with Crippen molar-refractivity contribution < 1.29 is 13.2 Å². The van der Waals surface area contributed by atoms with Gasteiger partial charge < -0.3 is 4.74 Å². The summed E-state index contributed by atoms with van der Waals surface area (Å²) < 4.78 is 35.3. The van der Waals surface area contributed by atoms with Crippen LogP contribution in [0.3, 0.4) is 0 Å². The minimum atomic E-state index is -3.53. The highest BCUT2D eigenvalue weighted by molar-refractivity contribution is 7.89. The number of ether oxygens (including phenoxy) is 1. The van der Waals surface area contributed by atoms with E-state index < -0.39 is 10.0 Å². The van der Waals surface area contributed by atoms with Gasteiger partial charge in [-0.15, -0.1) is 0 Å². The van der Waals surface area contributed by atoms with Crippen molar-refractivity contribution in [2.24, 2.45) is 7.05 Å². The molecule has 6 nitrogen and oxygen atoms in total. The number of nitrogens with zero attached hydrogens (tertiary/aromatic N) is 2. The standard InChI is InChI=1S/C19H27N3O3S/c1-14-19(15(2)22(3)21-14)12-13-20-26(23,24)18-10-8-17(9-11-18)25-16-6-4-5-7-16/h8-11,16,20H,4-7,12-13H2,1-3H3. The first kappa shape index (κ1) is 18.9. The van der Waals surface area contributed by atoms with E-state index in [0.29, 0.717) is 13.0 Å². The number of aromatic nitrogens is 2. The van der Waals surface area contributed by atoms with E-state index >= 15 is 0 Å². The topological polar surface area (TPSA) is 73.2 Å². The van der Waals surface area contributed by atoms with Gasteiger partial charge in [-0.3, -0.25) is 4.68 Å². The van der Waals surface area contributed by atoms with E-state index in [1.54, 1.807) is 24.3 Å². The largest absolute Gasteiger partial charge is 0.490 e. The van der Waals surface area contributed by atoms with Gasteiger partial charge in [-0.1, -0.05) is 0 Å². The van der Waals surface area contributed by atoms with Crippen molar-refractivity contribution in [1.82, 2.24) is 14.5 Å². The van der Waals surface area contributed by atoms with E-state index in [9.17, 15) is 8.42 Å². The van der Waals surface area contributed by atoms with E-state index in [-0.39, 0.29) is 11.0 Å². The van der Waals surface area contributed by atoms with Crippen LogP contribution in [0.5, 0.6) is 5.75 Å². The molecule has 0 atom stereocenters. The van der Waals surface area contributed by atoms with Gasteiger partial charge in [-0.2, -0.15) is 5.10 Å². The summed E-state index contributed by atoms with van der Waals surface area (Å²) in [4.78, 5) is 0.260. The van der Waals surface area contributed by atoms with Crippen LogP contribution in [0.2, 0.25) is 0 Å². The fraction of sp³-hybridized carbons (Fsp3) is 0.526. The minimum absolute atomic E-state index is 0.260. The quantitative estimate of drug-likeness (QED) is 0.805. The molecule has 3 rings (SSSR count). The van der Waals surface area contributed by atoms with Gasteiger partial charge in [-0.05, 0) is 75.8 Å². The molecule has 1 fully saturated rings. The van der Waals surface area contributed by atoms with Crippen LogP contribution in [-0.4, -0.2) is 30.8 Å². The highest BCUT2D eigenvalue weighted by Crippen LogP contribution is 2.25. The molecular formula is C19H27N3O3S. The maximum absolute atomic E-state index is 12.5. The third-order valence-electron chi connectivity index (χ3n) is 5.06. The molecule has 0 spiro atoms. The minimum Gasteiger partial charge on any atom is -0.490 e. The van der Waals surface area contributed by atoms with Crippen LogP contribution in [0, 0.1) is 13.8 Å². The van der Waals surface area contributed by atoms with Gasteiger partial charge in [0, 0.05) is 19.3 Å². The third-order valence-corrected chi connectivity index (χ3v) is 6.54. The molecule has 0 amide bonds. The summed E-state index contributed by atoms with van der Waals surface area (Å²) >= 11 is 0. The molecular weight excluding hydrogens is 350 g/mol. The van der Waals surface area contributed by atoms with Crippen LogP contribution in [0.25, 0.3) is 0 Å². The van der Waals surface area contributed by atoms with Gasteiger partial charge in [0.1, 0.15) is 5.75 Å². The Balaban J connectivity index is 1.58. The van der Waals surface area contributed by atoms with Crippen molar-refractivity contribution in [1.29, 1.82) is 0 Å². The lowest BCUT2D eigenvalue weighted by atomic mass is 10.1. The number of aryl methyl sites for hydroxylation is 2. The van der Waals surface area contributed by atoms with E-state index in [0.717, 1.165) is 35.5 Å². The normalized spacial score (nSPS) is 15.5. The highest BCUT2D eigenvalue weighted by atomic mass is 32.2. The Kier molecular flexibility index (Phi) is 5.67. The summed E-state index contributed by atoms with van der Waals surface area (Å²) in [5.41, 5.74) is 3.10. The molecule has 2 aromatic rings. The Hall–Kier alpha value is -1.86. The van der Waals surface area contributed by atoms with Crippen molar-refractivity contribution in [2.45, 2.75) is 57.0 Å². The van der Waals surface area contributed by atoms with Gasteiger partial charge >= 0.3 is 0 Å². The Morgan fingerprint density at radius 2 is 1.85 bits per heavy atom. The summed E-state index contributed by atoms with van der Waals surface area (Å²) in [6.45, 7) is 4.28. The fourth-order valence-corrected chi connectivity index (χ4v) is 4.50. The van der Waals surface area contributed by atoms with Crippen LogP contribution in [0.15, 0.2) is 29.2 Å². The lowest BCUT2D eigenvalue weighted by molar-refractivity contribution is 0.210. The average molecular weight is 378 g/mol. The molecule has 0 aliphatic heterocycles. The average Bonchev–Trinajstić information content (AvgIpc) is 3.19. The third kappa shape index (κ3) is 4.27. The first-order valence-corrected chi connectivity index (χ1v) is 10.6. The molecule has 0 bridgehead atoms. The second-order valence-corrected chi connectivity index (χ2v) is 8.68. The summed E-state index contributed by atoms with van der Waals surface area (Å²) in [5, 5.41) is 4.36. The van der Waals surface area contributed by atoms with E-state index in [2.05, 4.69) is 9.82 Å². The number of sulfonamides is 1. The van der Waals surface area contributed by atoms with Crippen molar-refractivity contribution in [3.05, 3.63) is 41.2 Å². The maximum Gasteiger partial charge on any atom is 0.240 e. The predicted octanol–water partition coefficient (Wildman–Crippen LogP) is 2.88. The van der Waals surface area contributed by atoms with E-state index in [1.807, 2.05) is 25.6 Å². The number of hydrogen-bond donors (Lipinski definition) is 1. The zero-order valence-corrected chi connectivity index (χ0v) is 16.5. The zero-order chi connectivity index (χ0) is 18.7. The number of benzene rings is 1. The molecule has 26 heavy (non-hydrogen) atoms. The Morgan fingerprint density at radius 3 is 2.42 bits per heavy atom. The predicted molar refractivity (Wildman–Crippen MR) is 101 cm³/mol. The molecule has 0 radical (unpaired) electrons. The van der Waals surface area contributed by atoms with Crippen LogP contribution < -0.4 is 9.46 Å². The zero-order valence-electron chi connectivity index (χ0n) is 15.7. The lowest BCUT2D eigenvalue weighted by Gasteiger charge is -2.13. The van der Waals surface area contributed by atoms with E-state index in [1.165, 1.54) is 12.8 Å². The van der Waals surface area contributed by atoms with Gasteiger partial charge in [0.05, 0.1) is 16.7 Å². The molecule has 0 saturated heterocycles. The summed E-state index contributed by atoms with van der Waals surface area (Å²) in [6, 6.07) is 6.69. The molecule has 142 valence electrons. The lowest BCUT2D eigenvalue weighted by Crippen LogP contribution is -2.26. The second-order valence-electron chi connectivity index (χ2n) is 6.92. The highest BCUT2D eigenvalue weighted by Gasteiger charge is 2.18. The summed E-state index contributed by atoms with van der Waals surface area (Å²) in [6.07, 6.45) is 5.45. The van der Waals surface area contributed by atoms with Crippen LogP contribution in [0.1, 0.15) is 42.6 Å². The smallest absolute Gasteiger partial charge is 0.240 e. The molecule has 1 aliphatic rings. The number of hydrogen-bond acceptors (Lipinski definition) is 4. The molecule has 1 aliphatic carbocycles. The first-order chi connectivity index (χ1) is 12.4. The van der Waals surface area contributed by atoms with E-state index in [4.69, 9.17) is 4.74 Å². The maximum atomic E-state index is 12.5. The van der Waals surface area contributed by atoms with Gasteiger partial charge in [-0.25, -0.2) is 13.1 Å². The van der Waals surface area contributed by atoms with Crippen molar-refractivity contribution in [3.63, 3.8) is 0 Å². The number of nitrogens with one attached hydrogen (secondary N) is 1. The Labute approximate surface area is 155 Å². The second kappa shape index (κ2) is 7.80. The van der Waals surface area contributed by atoms with Crippen molar-refractivity contribution in [3.8, 4) is 5.75 Å². The molecule has 1 N–H and O–H groups in total. The van der Waals surface area contributed by atoms with Crippen LogP contribution in [-0.2, 0) is 23.5 Å². The van der Waals surface area contributed by atoms with Gasteiger partial charge in [0.2, 0.25) is 10.0 Å². The fourth-order valence-electron chi connectivity index (χ4n) is 3.47. The van der Waals surface area contributed by atoms with Crippen molar-refractivity contribution >= 4 is 10.0 Å². The molecule has 1 heterocycles. The SMILES string of the molecule is Cc1nn(C)c(C)c1CCNS(=O)(=O)c1ccc(OC2CCCC2)cc1. The van der Waals surface area contributed by atoms with Crippen molar-refractivity contribution in [2.75, 3.05) is 6.54 Å². The summed E-state index contributed by atoms with van der Waals surface area (Å²) in [7, 11) is -1.63. The van der Waals surface area contributed by atoms with Crippen LogP contribution in [0.4, 0.5) is 0 Å². The van der Waals surface area contributed by atoms with Gasteiger partial charge in [0.25, 0.3) is 0 Å². The molecule has 7 heteroatoms. The molecule has 1 aromatic carbocycles. The first-order valence-electron chi connectivity index (χ1n) is 9.12. The monoisotopic (exact) mass is 377 g/mol.